The van der Waals surface area contributed by atoms with Crippen molar-refractivity contribution in [1.29, 1.82) is 0 Å². The van der Waals surface area contributed by atoms with Gasteiger partial charge in [0.15, 0.2) is 0 Å². The number of hydrogen-bond acceptors (Lipinski definition) is 4. The first-order valence-corrected chi connectivity index (χ1v) is 9.69. The number of aliphatic carboxylic acids is 1. The van der Waals surface area contributed by atoms with E-state index < -0.39 is 24.1 Å². The van der Waals surface area contributed by atoms with E-state index in [2.05, 4.69) is 31.2 Å². The fourth-order valence-electron chi connectivity index (χ4n) is 3.15. The Morgan fingerprint density at radius 1 is 1.15 bits per heavy atom. The topological polar surface area (TPSA) is 94.8 Å². The third-order valence-electron chi connectivity index (χ3n) is 4.63. The van der Waals surface area contributed by atoms with Crippen LogP contribution in [0.2, 0.25) is 0 Å². The molecule has 0 aromatic heterocycles. The molecular weight excluding hydrogens is 344 g/mol. The lowest BCUT2D eigenvalue weighted by atomic mass is 9.89. The molecule has 0 aliphatic heterocycles. The number of carboxylic acids is 1. The molecule has 0 spiro atoms. The Hall–Kier alpha value is -1.98. The maximum Gasteiger partial charge on any atom is 0.303 e. The number of carbonyl (C=O) groups is 2. The summed E-state index contributed by atoms with van der Waals surface area (Å²) >= 11 is 0. The molecule has 0 heterocycles. The second-order valence-corrected chi connectivity index (χ2v) is 6.84. The summed E-state index contributed by atoms with van der Waals surface area (Å²) in [6.45, 7) is 2.10. The number of Topliss-reactive ketones (excluding diaryl/α,β-unsaturated/α-hetero) is 1. The molecule has 1 aliphatic carbocycles. The van der Waals surface area contributed by atoms with Crippen LogP contribution in [0.1, 0.15) is 51.9 Å². The van der Waals surface area contributed by atoms with Crippen molar-refractivity contribution in [3.8, 4) is 0 Å². The molecule has 27 heavy (non-hydrogen) atoms. The van der Waals surface area contributed by atoms with Gasteiger partial charge in [-0.3, -0.25) is 9.59 Å². The second-order valence-electron chi connectivity index (χ2n) is 6.84. The smallest absolute Gasteiger partial charge is 0.303 e. The Bertz CT molecular complexity index is 573. The Morgan fingerprint density at radius 2 is 1.78 bits per heavy atom. The summed E-state index contributed by atoms with van der Waals surface area (Å²) in [5, 5.41) is 28.8. The average molecular weight is 376 g/mol. The maximum atomic E-state index is 12.0. The monoisotopic (exact) mass is 376 g/mol. The summed E-state index contributed by atoms with van der Waals surface area (Å²) < 4.78 is 0. The minimum atomic E-state index is -0.940. The highest BCUT2D eigenvalue weighted by molar-refractivity contribution is 5.86. The van der Waals surface area contributed by atoms with E-state index in [0.29, 0.717) is 6.42 Å². The molecule has 1 rings (SSSR count). The molecule has 0 radical (unpaired) electrons. The lowest BCUT2D eigenvalue weighted by Crippen LogP contribution is -2.20. The van der Waals surface area contributed by atoms with Crippen LogP contribution in [-0.2, 0) is 9.59 Å². The Morgan fingerprint density at radius 3 is 2.41 bits per heavy atom. The third kappa shape index (κ3) is 9.50. The van der Waals surface area contributed by atoms with E-state index >= 15 is 0 Å². The van der Waals surface area contributed by atoms with Gasteiger partial charge in [0.25, 0.3) is 0 Å². The minimum absolute atomic E-state index is 0.0507. The molecule has 3 N–H and O–H groups in total. The maximum absolute atomic E-state index is 12.0. The van der Waals surface area contributed by atoms with Crippen LogP contribution in [0.25, 0.3) is 0 Å². The predicted molar refractivity (Wildman–Crippen MR) is 106 cm³/mol. The van der Waals surface area contributed by atoms with Gasteiger partial charge in [0, 0.05) is 18.8 Å². The molecule has 5 nitrogen and oxygen atoms in total. The van der Waals surface area contributed by atoms with E-state index in [4.69, 9.17) is 5.11 Å². The van der Waals surface area contributed by atoms with Gasteiger partial charge in [-0.1, -0.05) is 55.5 Å². The zero-order valence-electron chi connectivity index (χ0n) is 16.0. The standard InChI is InChI=1S/C22H32O5/c1-2-3-4-5-6-7-8-9-10-11-17(23)12-13-18-19(14-15-22(26)27)21(25)16-20(18)24/h3-4,6-7,9-10,12-13,17-19,21,23,25H,2,5,8,11,14-16H2,1H3,(H,26,27)/b4-3-,7-6+,10-9-,13-12+/t17-,18+,19+,21-/m0/s1. The normalized spacial score (nSPS) is 24.9. The minimum Gasteiger partial charge on any atom is -0.481 e. The van der Waals surface area contributed by atoms with E-state index in [1.165, 1.54) is 0 Å². The summed E-state index contributed by atoms with van der Waals surface area (Å²) in [4.78, 5) is 22.7. The van der Waals surface area contributed by atoms with E-state index in [9.17, 15) is 19.8 Å². The Balaban J connectivity index is 2.40. The quantitative estimate of drug-likeness (QED) is 0.453. The number of ketones is 1. The third-order valence-corrected chi connectivity index (χ3v) is 4.63. The van der Waals surface area contributed by atoms with Crippen molar-refractivity contribution in [2.75, 3.05) is 0 Å². The average Bonchev–Trinajstić information content (AvgIpc) is 2.89. The van der Waals surface area contributed by atoms with Gasteiger partial charge in [-0.25, -0.2) is 0 Å². The number of carboxylic acid groups (broad SMARTS) is 1. The molecule has 150 valence electrons. The SMILES string of the molecule is CC/C=C\C/C=C/C/C=C\C[C@H](O)/C=C/[C@H]1C(=O)C[C@H](O)[C@@H]1CCC(=O)O. The highest BCUT2D eigenvalue weighted by atomic mass is 16.4. The van der Waals surface area contributed by atoms with Gasteiger partial charge >= 0.3 is 5.97 Å². The summed E-state index contributed by atoms with van der Waals surface area (Å²) in [5.74, 6) is -1.94. The van der Waals surface area contributed by atoms with Crippen molar-refractivity contribution in [1.82, 2.24) is 0 Å². The zero-order chi connectivity index (χ0) is 20.1. The van der Waals surface area contributed by atoms with Gasteiger partial charge in [-0.05, 0) is 38.0 Å². The number of rotatable bonds is 12. The number of carbonyl (C=O) groups excluding carboxylic acids is 1. The van der Waals surface area contributed by atoms with Crippen LogP contribution >= 0.6 is 0 Å². The molecule has 1 saturated carbocycles. The Kier molecular flexibility index (Phi) is 11.3. The summed E-state index contributed by atoms with van der Waals surface area (Å²) in [5.41, 5.74) is 0. The summed E-state index contributed by atoms with van der Waals surface area (Å²) in [6.07, 6.45) is 17.5. The van der Waals surface area contributed by atoms with Crippen LogP contribution in [0.15, 0.2) is 48.6 Å². The molecular formula is C22H32O5. The number of aliphatic hydroxyl groups is 2. The molecule has 0 aromatic carbocycles. The largest absolute Gasteiger partial charge is 0.481 e. The van der Waals surface area contributed by atoms with Gasteiger partial charge in [0.05, 0.1) is 12.2 Å². The zero-order valence-corrected chi connectivity index (χ0v) is 16.0. The van der Waals surface area contributed by atoms with Crippen LogP contribution in [0, 0.1) is 11.8 Å². The molecule has 0 aromatic rings. The molecule has 5 heteroatoms. The lowest BCUT2D eigenvalue weighted by molar-refractivity contribution is -0.137. The molecule has 1 aliphatic rings. The molecule has 0 bridgehead atoms. The van der Waals surface area contributed by atoms with Crippen LogP contribution in [-0.4, -0.2) is 39.3 Å². The van der Waals surface area contributed by atoms with Gasteiger partial charge < -0.3 is 15.3 Å². The van der Waals surface area contributed by atoms with E-state index in [1.54, 1.807) is 12.2 Å². The molecule has 0 unspecified atom stereocenters. The van der Waals surface area contributed by atoms with Gasteiger partial charge in [-0.2, -0.15) is 0 Å². The number of hydrogen-bond donors (Lipinski definition) is 3. The van der Waals surface area contributed by atoms with Crippen molar-refractivity contribution in [2.24, 2.45) is 11.8 Å². The first kappa shape index (κ1) is 23.1. The van der Waals surface area contributed by atoms with Crippen molar-refractivity contribution >= 4 is 11.8 Å². The van der Waals surface area contributed by atoms with Gasteiger partial charge in [0.2, 0.25) is 0 Å². The van der Waals surface area contributed by atoms with E-state index in [-0.39, 0.29) is 31.0 Å². The van der Waals surface area contributed by atoms with Crippen LogP contribution in [0.3, 0.4) is 0 Å². The lowest BCUT2D eigenvalue weighted by Gasteiger charge is -2.17. The van der Waals surface area contributed by atoms with Crippen LogP contribution < -0.4 is 0 Å². The fraction of sp³-hybridized carbons (Fsp3) is 0.545. The Labute approximate surface area is 161 Å². The summed E-state index contributed by atoms with van der Waals surface area (Å²) in [6, 6.07) is 0. The van der Waals surface area contributed by atoms with Crippen LogP contribution in [0.4, 0.5) is 0 Å². The van der Waals surface area contributed by atoms with Gasteiger partial charge in [-0.15, -0.1) is 0 Å². The molecule has 0 saturated heterocycles. The van der Waals surface area contributed by atoms with E-state index in [0.717, 1.165) is 19.3 Å². The van der Waals surface area contributed by atoms with Crippen molar-refractivity contribution in [2.45, 2.75) is 64.1 Å². The fourth-order valence-corrected chi connectivity index (χ4v) is 3.15. The number of aliphatic hydroxyl groups excluding tert-OH is 2. The first-order valence-electron chi connectivity index (χ1n) is 9.69. The van der Waals surface area contributed by atoms with Gasteiger partial charge in [0.1, 0.15) is 5.78 Å². The molecule has 0 amide bonds. The van der Waals surface area contributed by atoms with Crippen molar-refractivity contribution in [3.63, 3.8) is 0 Å². The highest BCUT2D eigenvalue weighted by Gasteiger charge is 2.39. The summed E-state index contributed by atoms with van der Waals surface area (Å²) in [7, 11) is 0. The highest BCUT2D eigenvalue weighted by Crippen LogP contribution is 2.34. The molecule has 1 fully saturated rings. The van der Waals surface area contributed by atoms with Crippen molar-refractivity contribution in [3.05, 3.63) is 48.6 Å². The molecule has 4 atom stereocenters. The predicted octanol–water partition coefficient (Wildman–Crippen LogP) is 3.58. The van der Waals surface area contributed by atoms with E-state index in [1.807, 2.05) is 12.2 Å². The van der Waals surface area contributed by atoms with Crippen LogP contribution in [0.5, 0.6) is 0 Å². The first-order chi connectivity index (χ1) is 13.0. The second kappa shape index (κ2) is 13.2. The van der Waals surface area contributed by atoms with Crippen molar-refractivity contribution < 1.29 is 24.9 Å². The number of allylic oxidation sites excluding steroid dienone is 6.